The Morgan fingerprint density at radius 3 is 2.14 bits per heavy atom. The van der Waals surface area contributed by atoms with Gasteiger partial charge in [0.15, 0.2) is 0 Å². The van der Waals surface area contributed by atoms with Crippen molar-refractivity contribution < 1.29 is 23.8 Å². The first-order valence-corrected chi connectivity index (χ1v) is 9.57. The molecule has 5 heteroatoms. The van der Waals surface area contributed by atoms with Gasteiger partial charge in [0.05, 0.1) is 24.8 Å². The zero-order chi connectivity index (χ0) is 20.8. The highest BCUT2D eigenvalue weighted by atomic mass is 16.5. The number of carbonyl (C=O) groups is 2. The minimum absolute atomic E-state index is 0.331. The van der Waals surface area contributed by atoms with Gasteiger partial charge in [0, 0.05) is 0 Å². The Balaban J connectivity index is 1.71. The van der Waals surface area contributed by atoms with Gasteiger partial charge in [0.2, 0.25) is 0 Å². The fraction of sp³-hybridized carbons (Fsp3) is 0.250. The van der Waals surface area contributed by atoms with Crippen LogP contribution in [0.15, 0.2) is 60.7 Å². The van der Waals surface area contributed by atoms with E-state index in [0.29, 0.717) is 35.2 Å². The maximum atomic E-state index is 12.3. The van der Waals surface area contributed by atoms with Crippen LogP contribution < -0.4 is 9.47 Å². The largest absolute Gasteiger partial charge is 0.497 e. The second kappa shape index (κ2) is 9.24. The molecule has 0 bridgehead atoms. The molecule has 0 radical (unpaired) electrons. The number of benzene rings is 3. The van der Waals surface area contributed by atoms with Crippen LogP contribution in [0.4, 0.5) is 0 Å². The van der Waals surface area contributed by atoms with E-state index in [1.54, 1.807) is 55.6 Å². The Morgan fingerprint density at radius 1 is 0.828 bits per heavy atom. The number of carbonyl (C=O) groups excluding carboxylic acids is 2. The highest BCUT2D eigenvalue weighted by Crippen LogP contribution is 2.24. The standard InChI is InChI=1S/C24H24O5/c1-4-16(2)15-28-23(25)20-6-5-19-14-22(12-9-18(19)13-20)29-24(26)17-7-10-21(27-3)11-8-17/h5-14,16H,4,15H2,1-3H3. The molecule has 5 nitrogen and oxygen atoms in total. The number of rotatable bonds is 7. The zero-order valence-corrected chi connectivity index (χ0v) is 16.8. The number of esters is 2. The molecule has 0 N–H and O–H groups in total. The van der Waals surface area contributed by atoms with Crippen LogP contribution >= 0.6 is 0 Å². The van der Waals surface area contributed by atoms with Crippen molar-refractivity contribution in [1.29, 1.82) is 0 Å². The summed E-state index contributed by atoms with van der Waals surface area (Å²) in [6.07, 6.45) is 0.961. The van der Waals surface area contributed by atoms with Crippen LogP contribution in [-0.2, 0) is 4.74 Å². The van der Waals surface area contributed by atoms with E-state index in [-0.39, 0.29) is 5.97 Å². The Labute approximate surface area is 170 Å². The van der Waals surface area contributed by atoms with Gasteiger partial charge in [-0.15, -0.1) is 0 Å². The third-order valence-electron chi connectivity index (χ3n) is 4.78. The summed E-state index contributed by atoms with van der Waals surface area (Å²) in [5.74, 6) is 0.665. The topological polar surface area (TPSA) is 61.8 Å². The molecule has 0 amide bonds. The molecule has 3 rings (SSSR count). The van der Waals surface area contributed by atoms with E-state index < -0.39 is 5.97 Å². The predicted molar refractivity (Wildman–Crippen MR) is 112 cm³/mol. The van der Waals surface area contributed by atoms with Crippen LogP contribution in [0.3, 0.4) is 0 Å². The summed E-state index contributed by atoms with van der Waals surface area (Å²) in [5.41, 5.74) is 0.939. The highest BCUT2D eigenvalue weighted by molar-refractivity contribution is 5.96. The van der Waals surface area contributed by atoms with Gasteiger partial charge in [-0.25, -0.2) is 9.59 Å². The number of fused-ring (bicyclic) bond motifs is 1. The molecular weight excluding hydrogens is 368 g/mol. The van der Waals surface area contributed by atoms with Gasteiger partial charge in [0.25, 0.3) is 0 Å². The highest BCUT2D eigenvalue weighted by Gasteiger charge is 2.12. The van der Waals surface area contributed by atoms with Gasteiger partial charge in [-0.3, -0.25) is 0 Å². The van der Waals surface area contributed by atoms with Crippen LogP contribution in [0.2, 0.25) is 0 Å². The lowest BCUT2D eigenvalue weighted by Gasteiger charge is -2.10. The van der Waals surface area contributed by atoms with E-state index in [2.05, 4.69) is 6.92 Å². The molecule has 29 heavy (non-hydrogen) atoms. The molecule has 0 saturated heterocycles. The van der Waals surface area contributed by atoms with Crippen LogP contribution in [0, 0.1) is 5.92 Å². The van der Waals surface area contributed by atoms with E-state index in [0.717, 1.165) is 17.2 Å². The van der Waals surface area contributed by atoms with Crippen molar-refractivity contribution in [1.82, 2.24) is 0 Å². The molecule has 0 aliphatic carbocycles. The van der Waals surface area contributed by atoms with Gasteiger partial charge >= 0.3 is 11.9 Å². The fourth-order valence-corrected chi connectivity index (χ4v) is 2.73. The number of ether oxygens (including phenoxy) is 3. The summed E-state index contributed by atoms with van der Waals surface area (Å²) in [5, 5.41) is 1.73. The number of hydrogen-bond donors (Lipinski definition) is 0. The second-order valence-corrected chi connectivity index (χ2v) is 6.95. The summed E-state index contributed by atoms with van der Waals surface area (Å²) >= 11 is 0. The second-order valence-electron chi connectivity index (χ2n) is 6.95. The third kappa shape index (κ3) is 5.13. The Kier molecular flexibility index (Phi) is 6.50. The lowest BCUT2D eigenvalue weighted by molar-refractivity contribution is 0.0447. The summed E-state index contributed by atoms with van der Waals surface area (Å²) < 4.78 is 15.9. The summed E-state index contributed by atoms with van der Waals surface area (Å²) in [4.78, 5) is 24.5. The van der Waals surface area contributed by atoms with Crippen molar-refractivity contribution in [3.05, 3.63) is 71.8 Å². The molecule has 0 aromatic heterocycles. The fourth-order valence-electron chi connectivity index (χ4n) is 2.73. The van der Waals surface area contributed by atoms with E-state index >= 15 is 0 Å². The molecule has 0 heterocycles. The van der Waals surface area contributed by atoms with E-state index in [4.69, 9.17) is 14.2 Å². The zero-order valence-electron chi connectivity index (χ0n) is 16.8. The average Bonchev–Trinajstić information content (AvgIpc) is 2.76. The van der Waals surface area contributed by atoms with Crippen molar-refractivity contribution in [2.75, 3.05) is 13.7 Å². The first-order valence-electron chi connectivity index (χ1n) is 9.57. The van der Waals surface area contributed by atoms with E-state index in [1.165, 1.54) is 0 Å². The Bertz CT molecular complexity index is 1010. The third-order valence-corrected chi connectivity index (χ3v) is 4.78. The number of methoxy groups -OCH3 is 1. The van der Waals surface area contributed by atoms with Gasteiger partial charge in [0.1, 0.15) is 11.5 Å². The van der Waals surface area contributed by atoms with Crippen LogP contribution in [0.1, 0.15) is 41.0 Å². The molecular formula is C24H24O5. The van der Waals surface area contributed by atoms with Crippen molar-refractivity contribution in [3.63, 3.8) is 0 Å². The molecule has 3 aromatic carbocycles. The molecule has 150 valence electrons. The van der Waals surface area contributed by atoms with Crippen LogP contribution in [-0.4, -0.2) is 25.7 Å². The van der Waals surface area contributed by atoms with Gasteiger partial charge in [-0.1, -0.05) is 32.4 Å². The minimum Gasteiger partial charge on any atom is -0.497 e. The molecule has 0 aliphatic rings. The molecule has 1 unspecified atom stereocenters. The lowest BCUT2D eigenvalue weighted by atomic mass is 10.1. The molecule has 0 fully saturated rings. The maximum absolute atomic E-state index is 12.3. The first kappa shape index (κ1) is 20.4. The van der Waals surface area contributed by atoms with Crippen molar-refractivity contribution in [2.45, 2.75) is 20.3 Å². The van der Waals surface area contributed by atoms with Crippen molar-refractivity contribution in [2.24, 2.45) is 5.92 Å². The molecule has 1 atom stereocenters. The van der Waals surface area contributed by atoms with Gasteiger partial charge < -0.3 is 14.2 Å². The molecule has 3 aromatic rings. The van der Waals surface area contributed by atoms with Crippen LogP contribution in [0.25, 0.3) is 10.8 Å². The predicted octanol–water partition coefficient (Wildman–Crippen LogP) is 5.27. The molecule has 0 aliphatic heterocycles. The average molecular weight is 392 g/mol. The maximum Gasteiger partial charge on any atom is 0.343 e. The number of hydrogen-bond acceptors (Lipinski definition) is 5. The van der Waals surface area contributed by atoms with E-state index in [9.17, 15) is 9.59 Å². The smallest absolute Gasteiger partial charge is 0.343 e. The summed E-state index contributed by atoms with van der Waals surface area (Å²) in [7, 11) is 1.57. The molecule has 0 spiro atoms. The van der Waals surface area contributed by atoms with Crippen LogP contribution in [0.5, 0.6) is 11.5 Å². The lowest BCUT2D eigenvalue weighted by Crippen LogP contribution is -2.11. The summed E-state index contributed by atoms with van der Waals surface area (Å²) in [6.45, 7) is 4.52. The van der Waals surface area contributed by atoms with Gasteiger partial charge in [-0.2, -0.15) is 0 Å². The van der Waals surface area contributed by atoms with Crippen molar-refractivity contribution in [3.8, 4) is 11.5 Å². The van der Waals surface area contributed by atoms with Crippen molar-refractivity contribution >= 4 is 22.7 Å². The van der Waals surface area contributed by atoms with E-state index in [1.807, 2.05) is 19.1 Å². The quantitative estimate of drug-likeness (QED) is 0.405. The Hall–Kier alpha value is -3.34. The SMILES string of the molecule is CCC(C)COC(=O)c1ccc2cc(OC(=O)c3ccc(OC)cc3)ccc2c1. The summed E-state index contributed by atoms with van der Waals surface area (Å²) in [6, 6.07) is 17.3. The monoisotopic (exact) mass is 392 g/mol. The Morgan fingerprint density at radius 2 is 1.45 bits per heavy atom. The van der Waals surface area contributed by atoms with Gasteiger partial charge in [-0.05, 0) is 65.2 Å². The first-order chi connectivity index (χ1) is 14.0. The molecule has 0 saturated carbocycles. The minimum atomic E-state index is -0.447. The normalized spacial score (nSPS) is 11.7.